The van der Waals surface area contributed by atoms with Crippen LogP contribution in [-0.4, -0.2) is 0 Å². The molecular weight excluding hydrogens is 418 g/mol. The van der Waals surface area contributed by atoms with E-state index in [9.17, 15) is 0 Å². The van der Waals surface area contributed by atoms with Crippen LogP contribution in [0.25, 0.3) is 0 Å². The van der Waals surface area contributed by atoms with Gasteiger partial charge in [0.1, 0.15) is 0 Å². The Hall–Kier alpha value is -0.496. The number of halogens is 3. The Kier molecular flexibility index (Phi) is 9.20. The number of fused-ring (bicyclic) bond motifs is 1. The molecule has 0 nitrogen and oxygen atoms in total. The third-order valence-electron chi connectivity index (χ3n) is 5.43. The van der Waals surface area contributed by atoms with Gasteiger partial charge in [-0.2, -0.15) is 0 Å². The quantitative estimate of drug-likeness (QED) is 0.443. The summed E-state index contributed by atoms with van der Waals surface area (Å²) in [6.07, 6.45) is 10.8. The van der Waals surface area contributed by atoms with E-state index in [2.05, 4.69) is 99.3 Å². The Bertz CT molecular complexity index is 703. The summed E-state index contributed by atoms with van der Waals surface area (Å²) in [5.41, 5.74) is 4.55. The summed E-state index contributed by atoms with van der Waals surface area (Å²) in [6, 6.07) is 22.1. The van der Waals surface area contributed by atoms with E-state index >= 15 is 0 Å². The molecule has 0 aliphatic heterocycles. The predicted octanol–water partition coefficient (Wildman–Crippen LogP) is -3.17. The van der Waals surface area contributed by atoms with Crippen molar-refractivity contribution in [1.29, 1.82) is 0 Å². The van der Waals surface area contributed by atoms with Crippen molar-refractivity contribution in [3.63, 3.8) is 0 Å². The van der Waals surface area contributed by atoms with Crippen molar-refractivity contribution >= 4 is 0 Å². The molecule has 2 aromatic rings. The van der Waals surface area contributed by atoms with Gasteiger partial charge in [-0.3, -0.25) is 0 Å². The summed E-state index contributed by atoms with van der Waals surface area (Å²) in [7, 11) is 0. The predicted molar refractivity (Wildman–Crippen MR) is 92.0 cm³/mol. The van der Waals surface area contributed by atoms with E-state index in [4.69, 9.17) is 0 Å². The van der Waals surface area contributed by atoms with Gasteiger partial charge in [0.2, 0.25) is 0 Å². The van der Waals surface area contributed by atoms with Crippen LogP contribution >= 0.6 is 0 Å². The molecule has 2 aliphatic carbocycles. The molecule has 134 valence electrons. The van der Waals surface area contributed by atoms with Crippen molar-refractivity contribution < 1.29 is 57.7 Å². The average molecular weight is 440 g/mol. The first-order valence-electron chi connectivity index (χ1n) is 8.51. The normalized spacial score (nSPS) is 23.2. The van der Waals surface area contributed by atoms with Crippen molar-refractivity contribution in [2.24, 2.45) is 5.92 Å². The first-order valence-corrected chi connectivity index (χ1v) is 9.29. The second kappa shape index (κ2) is 10.2. The van der Waals surface area contributed by atoms with E-state index in [1.165, 1.54) is 30.4 Å². The summed E-state index contributed by atoms with van der Waals surface area (Å²) in [6.45, 7) is 0. The summed E-state index contributed by atoms with van der Waals surface area (Å²) in [5, 5.41) is 0. The SMILES string of the molecule is [Cl-].[Cl-].[Cl-].[Ti+3][C]1(C(c2ccccc2)c2ccccc2)CCC2CC=CC=C21. The number of hydrogen-bond acceptors (Lipinski definition) is 0. The second-order valence-electron chi connectivity index (χ2n) is 6.75. The molecule has 0 aromatic heterocycles. The Morgan fingerprint density at radius 1 is 0.846 bits per heavy atom. The van der Waals surface area contributed by atoms with Gasteiger partial charge < -0.3 is 37.2 Å². The van der Waals surface area contributed by atoms with E-state index in [0.717, 1.165) is 5.92 Å². The fraction of sp³-hybridized carbons (Fsp3) is 0.273. The van der Waals surface area contributed by atoms with E-state index in [1.807, 2.05) is 0 Å². The van der Waals surface area contributed by atoms with Crippen LogP contribution in [-0.2, 0) is 20.4 Å². The van der Waals surface area contributed by atoms with Crippen molar-refractivity contribution in [1.82, 2.24) is 0 Å². The maximum absolute atomic E-state index is 2.49. The minimum atomic E-state index is 0. The van der Waals surface area contributed by atoms with Crippen molar-refractivity contribution in [2.75, 3.05) is 0 Å². The third kappa shape index (κ3) is 4.32. The molecule has 1 fully saturated rings. The zero-order valence-corrected chi connectivity index (χ0v) is 18.2. The van der Waals surface area contributed by atoms with Gasteiger partial charge in [0.15, 0.2) is 0 Å². The first-order chi connectivity index (χ1) is 11.3. The van der Waals surface area contributed by atoms with Crippen LogP contribution in [0.4, 0.5) is 0 Å². The minimum absolute atomic E-state index is 0. The van der Waals surface area contributed by atoms with Crippen LogP contribution in [0.5, 0.6) is 0 Å². The van der Waals surface area contributed by atoms with Gasteiger partial charge in [-0.1, -0.05) is 0 Å². The Morgan fingerprint density at radius 3 is 1.92 bits per heavy atom. The van der Waals surface area contributed by atoms with Gasteiger partial charge in [-0.15, -0.1) is 0 Å². The molecule has 4 rings (SSSR count). The molecule has 0 spiro atoms. The van der Waals surface area contributed by atoms with Crippen molar-refractivity contribution in [3.8, 4) is 0 Å². The van der Waals surface area contributed by atoms with E-state index < -0.39 is 0 Å². The van der Waals surface area contributed by atoms with Crippen LogP contribution in [0.3, 0.4) is 0 Å². The van der Waals surface area contributed by atoms with Gasteiger partial charge in [0, 0.05) is 0 Å². The van der Waals surface area contributed by atoms with Gasteiger partial charge in [-0.25, -0.2) is 0 Å². The second-order valence-corrected chi connectivity index (χ2v) is 8.14. The molecule has 0 N–H and O–H groups in total. The van der Waals surface area contributed by atoms with E-state index in [0.29, 0.717) is 5.92 Å². The van der Waals surface area contributed by atoms with Crippen LogP contribution in [0.2, 0.25) is 3.72 Å². The third-order valence-corrected chi connectivity index (χ3v) is 6.73. The summed E-state index contributed by atoms with van der Waals surface area (Å²) in [4.78, 5) is 0. The molecule has 0 bridgehead atoms. The van der Waals surface area contributed by atoms with Crippen LogP contribution in [0, 0.1) is 5.92 Å². The Labute approximate surface area is 187 Å². The zero-order valence-electron chi connectivity index (χ0n) is 14.4. The molecule has 4 heteroatoms. The molecule has 0 heterocycles. The molecule has 2 aliphatic rings. The fourth-order valence-corrected chi connectivity index (χ4v) is 5.57. The molecular formula is C22H21Cl3Ti. The summed E-state index contributed by atoms with van der Waals surface area (Å²) in [5.74, 6) is 1.19. The summed E-state index contributed by atoms with van der Waals surface area (Å²) >= 11 is 2.49. The monoisotopic (exact) mass is 438 g/mol. The van der Waals surface area contributed by atoms with E-state index in [-0.39, 0.29) is 40.9 Å². The fourth-order valence-electron chi connectivity index (χ4n) is 4.37. The molecule has 0 amide bonds. The number of allylic oxidation sites excluding steroid dienone is 4. The van der Waals surface area contributed by atoms with Crippen molar-refractivity contribution in [3.05, 3.63) is 95.6 Å². The zero-order chi connectivity index (χ0) is 15.7. The topological polar surface area (TPSA) is 0 Å². The number of benzene rings is 2. The molecule has 2 aromatic carbocycles. The molecule has 0 saturated heterocycles. The maximum atomic E-state index is 2.49. The average Bonchev–Trinajstić information content (AvgIpc) is 2.95. The van der Waals surface area contributed by atoms with Crippen LogP contribution < -0.4 is 37.2 Å². The van der Waals surface area contributed by atoms with Gasteiger partial charge >= 0.3 is 151 Å². The van der Waals surface area contributed by atoms with Gasteiger partial charge in [0.05, 0.1) is 0 Å². The molecule has 26 heavy (non-hydrogen) atoms. The van der Waals surface area contributed by atoms with Crippen LogP contribution in [0.15, 0.2) is 84.5 Å². The summed E-state index contributed by atoms with van der Waals surface area (Å²) < 4.78 is 0.220. The molecule has 0 radical (unpaired) electrons. The van der Waals surface area contributed by atoms with Crippen LogP contribution in [0.1, 0.15) is 36.3 Å². The Morgan fingerprint density at radius 2 is 1.38 bits per heavy atom. The number of hydrogen-bond donors (Lipinski definition) is 0. The first kappa shape index (κ1) is 23.5. The molecule has 1 saturated carbocycles. The number of rotatable bonds is 3. The molecule has 2 unspecified atom stereocenters. The van der Waals surface area contributed by atoms with Crippen molar-refractivity contribution in [2.45, 2.75) is 28.9 Å². The van der Waals surface area contributed by atoms with Gasteiger partial charge in [-0.05, 0) is 0 Å². The standard InChI is InChI=1S/C22H21.3ClH.Ti/c1-3-10-18(11-4-1)22(19-12-5-2-6-13-19)21-16-15-17-9-7-8-14-20(17)21;;;;/h1-8,10-14,17,22H,9,15-16H2;3*1H;/q;;;;+3/p-3. The molecule has 2 atom stereocenters. The van der Waals surface area contributed by atoms with Gasteiger partial charge in [0.25, 0.3) is 0 Å². The van der Waals surface area contributed by atoms with E-state index in [1.54, 1.807) is 5.57 Å². The Balaban J connectivity index is 0.00000113.